The molecule has 0 aliphatic heterocycles. The summed E-state index contributed by atoms with van der Waals surface area (Å²) in [5.41, 5.74) is 4.09. The van der Waals surface area contributed by atoms with Crippen molar-refractivity contribution >= 4 is 5.69 Å². The zero-order valence-corrected chi connectivity index (χ0v) is 8.09. The summed E-state index contributed by atoms with van der Waals surface area (Å²) in [4.78, 5) is 0. The van der Waals surface area contributed by atoms with Gasteiger partial charge in [-0.05, 0) is 13.0 Å². The van der Waals surface area contributed by atoms with Crippen LogP contribution in [-0.4, -0.2) is 13.1 Å². The lowest BCUT2D eigenvalue weighted by Gasteiger charge is -2.09. The van der Waals surface area contributed by atoms with Crippen LogP contribution in [0.15, 0.2) is 0 Å². The van der Waals surface area contributed by atoms with E-state index in [0.717, 1.165) is 0 Å². The Morgan fingerprint density at radius 3 is 1.69 bits per heavy atom. The van der Waals surface area contributed by atoms with Gasteiger partial charge in [-0.1, -0.05) is 0 Å². The first kappa shape index (κ1) is 12.7. The number of hydrogen-bond acceptors (Lipinski definition) is 2. The van der Waals surface area contributed by atoms with Crippen molar-refractivity contribution in [2.75, 3.05) is 18.4 Å². The fourth-order valence-electron chi connectivity index (χ4n) is 1.08. The molecule has 1 rings (SSSR count). The van der Waals surface area contributed by atoms with E-state index in [4.69, 9.17) is 5.73 Å². The number of anilines is 1. The van der Waals surface area contributed by atoms with E-state index in [2.05, 4.69) is 5.32 Å². The lowest BCUT2D eigenvalue weighted by molar-refractivity contribution is 0.381. The third kappa shape index (κ3) is 2.24. The number of nitrogens with one attached hydrogen (secondary N) is 1. The monoisotopic (exact) mass is 240 g/mol. The lowest BCUT2D eigenvalue weighted by atomic mass is 10.2. The molecule has 0 aliphatic carbocycles. The maximum Gasteiger partial charge on any atom is 0.200 e. The summed E-state index contributed by atoms with van der Waals surface area (Å²) in [6, 6.07) is 0. The molecule has 1 aromatic carbocycles. The zero-order chi connectivity index (χ0) is 12.3. The van der Waals surface area contributed by atoms with Gasteiger partial charge in [0.05, 0.1) is 0 Å². The Labute approximate surface area is 88.2 Å². The smallest absolute Gasteiger partial charge is 0.200 e. The molecule has 7 heteroatoms. The van der Waals surface area contributed by atoms with Crippen LogP contribution in [0, 0.1) is 29.1 Å². The van der Waals surface area contributed by atoms with Crippen LogP contribution in [0.25, 0.3) is 0 Å². The van der Waals surface area contributed by atoms with E-state index in [0.29, 0.717) is 6.42 Å². The predicted molar refractivity (Wildman–Crippen MR) is 48.4 cm³/mol. The van der Waals surface area contributed by atoms with Crippen LogP contribution in [-0.2, 0) is 0 Å². The molecule has 0 atom stereocenters. The summed E-state index contributed by atoms with van der Waals surface area (Å²) in [6.07, 6.45) is 0.347. The average molecular weight is 240 g/mol. The number of nitrogens with two attached hydrogens (primary N) is 1. The fraction of sp³-hybridized carbons (Fsp3) is 0.333. The minimum atomic E-state index is -2.17. The van der Waals surface area contributed by atoms with E-state index in [1.165, 1.54) is 0 Å². The quantitative estimate of drug-likeness (QED) is 0.366. The number of hydrogen-bond donors (Lipinski definition) is 2. The highest BCUT2D eigenvalue weighted by atomic mass is 19.2. The van der Waals surface area contributed by atoms with Gasteiger partial charge in [0, 0.05) is 6.54 Å². The maximum atomic E-state index is 13.0. The van der Waals surface area contributed by atoms with Gasteiger partial charge in [0.2, 0.25) is 5.82 Å². The normalized spacial score (nSPS) is 10.6. The van der Waals surface area contributed by atoms with Gasteiger partial charge in [-0.3, -0.25) is 0 Å². The molecular formula is C9H9F5N2. The molecule has 0 spiro atoms. The first-order valence-electron chi connectivity index (χ1n) is 4.46. The van der Waals surface area contributed by atoms with Gasteiger partial charge in [0.1, 0.15) is 5.69 Å². The van der Waals surface area contributed by atoms with Crippen LogP contribution in [0.3, 0.4) is 0 Å². The largest absolute Gasteiger partial charge is 0.380 e. The predicted octanol–water partition coefficient (Wildman–Crippen LogP) is 2.14. The highest BCUT2D eigenvalue weighted by Gasteiger charge is 2.25. The molecule has 0 aromatic heterocycles. The molecule has 0 fully saturated rings. The summed E-state index contributed by atoms with van der Waals surface area (Å²) in [5, 5.41) is 2.11. The van der Waals surface area contributed by atoms with Gasteiger partial charge >= 0.3 is 0 Å². The molecular weight excluding hydrogens is 231 g/mol. The molecule has 2 nitrogen and oxygen atoms in total. The first-order valence-corrected chi connectivity index (χ1v) is 4.46. The average Bonchev–Trinajstić information content (AvgIpc) is 2.28. The third-order valence-corrected chi connectivity index (χ3v) is 1.89. The second-order valence-corrected chi connectivity index (χ2v) is 3.01. The Hall–Kier alpha value is -1.37. The maximum absolute atomic E-state index is 13.0. The van der Waals surface area contributed by atoms with Crippen molar-refractivity contribution in [3.8, 4) is 0 Å². The Morgan fingerprint density at radius 2 is 1.25 bits per heavy atom. The summed E-state index contributed by atoms with van der Waals surface area (Å²) in [6.45, 7) is 0.261. The van der Waals surface area contributed by atoms with E-state index in [1.807, 2.05) is 0 Å². The summed E-state index contributed by atoms with van der Waals surface area (Å²) < 4.78 is 64.0. The molecule has 0 bridgehead atoms. The van der Waals surface area contributed by atoms with E-state index < -0.39 is 34.8 Å². The molecule has 0 unspecified atom stereocenters. The Morgan fingerprint density at radius 1 is 0.812 bits per heavy atom. The van der Waals surface area contributed by atoms with E-state index in [9.17, 15) is 22.0 Å². The third-order valence-electron chi connectivity index (χ3n) is 1.89. The van der Waals surface area contributed by atoms with Gasteiger partial charge in [-0.15, -0.1) is 0 Å². The molecule has 16 heavy (non-hydrogen) atoms. The van der Waals surface area contributed by atoms with Crippen LogP contribution in [0.2, 0.25) is 0 Å². The van der Waals surface area contributed by atoms with Gasteiger partial charge in [-0.25, -0.2) is 22.0 Å². The topological polar surface area (TPSA) is 38.0 Å². The van der Waals surface area contributed by atoms with E-state index in [-0.39, 0.29) is 13.1 Å². The molecule has 90 valence electrons. The molecule has 0 amide bonds. The second kappa shape index (κ2) is 5.11. The molecule has 3 N–H and O–H groups in total. The molecule has 0 radical (unpaired) electrons. The molecule has 1 aromatic rings. The van der Waals surface area contributed by atoms with Crippen LogP contribution >= 0.6 is 0 Å². The minimum Gasteiger partial charge on any atom is -0.380 e. The van der Waals surface area contributed by atoms with Crippen molar-refractivity contribution in [1.82, 2.24) is 0 Å². The molecule has 0 heterocycles. The fourth-order valence-corrected chi connectivity index (χ4v) is 1.08. The van der Waals surface area contributed by atoms with Gasteiger partial charge in [-0.2, -0.15) is 0 Å². The van der Waals surface area contributed by atoms with Crippen molar-refractivity contribution in [3.63, 3.8) is 0 Å². The van der Waals surface area contributed by atoms with Crippen molar-refractivity contribution < 1.29 is 22.0 Å². The summed E-state index contributed by atoms with van der Waals surface area (Å²) >= 11 is 0. The summed E-state index contributed by atoms with van der Waals surface area (Å²) in [7, 11) is 0. The molecule has 0 aliphatic rings. The van der Waals surface area contributed by atoms with Crippen molar-refractivity contribution in [1.29, 1.82) is 0 Å². The lowest BCUT2D eigenvalue weighted by Crippen LogP contribution is -2.13. The van der Waals surface area contributed by atoms with Crippen LogP contribution < -0.4 is 11.1 Å². The Bertz CT molecular complexity index is 365. The Kier molecular flexibility index (Phi) is 4.05. The van der Waals surface area contributed by atoms with Crippen LogP contribution in [0.4, 0.5) is 27.6 Å². The summed E-state index contributed by atoms with van der Waals surface area (Å²) in [5.74, 6) is -9.83. The van der Waals surface area contributed by atoms with Gasteiger partial charge < -0.3 is 11.1 Å². The van der Waals surface area contributed by atoms with Crippen molar-refractivity contribution in [2.24, 2.45) is 5.73 Å². The van der Waals surface area contributed by atoms with E-state index >= 15 is 0 Å². The van der Waals surface area contributed by atoms with Crippen molar-refractivity contribution in [2.45, 2.75) is 6.42 Å². The van der Waals surface area contributed by atoms with Crippen molar-refractivity contribution in [3.05, 3.63) is 29.1 Å². The van der Waals surface area contributed by atoms with E-state index in [1.54, 1.807) is 0 Å². The number of rotatable bonds is 4. The molecule has 0 saturated carbocycles. The Balaban J connectivity index is 3.08. The highest BCUT2D eigenvalue weighted by Crippen LogP contribution is 2.26. The number of halogens is 5. The van der Waals surface area contributed by atoms with Gasteiger partial charge in [0.15, 0.2) is 23.3 Å². The molecule has 0 saturated heterocycles. The zero-order valence-electron chi connectivity index (χ0n) is 8.09. The van der Waals surface area contributed by atoms with Gasteiger partial charge in [0.25, 0.3) is 0 Å². The SMILES string of the molecule is NCCCNc1c(F)c(F)c(F)c(F)c1F. The highest BCUT2D eigenvalue weighted by molar-refractivity contribution is 5.47. The first-order chi connectivity index (χ1) is 7.50. The van der Waals surface area contributed by atoms with Crippen LogP contribution in [0.5, 0.6) is 0 Å². The number of benzene rings is 1. The van der Waals surface area contributed by atoms with Crippen LogP contribution in [0.1, 0.15) is 6.42 Å². The minimum absolute atomic E-state index is 0.0227. The standard InChI is InChI=1S/C9H9F5N2/c10-4-5(11)7(13)9(8(14)6(4)12)16-3-1-2-15/h16H,1-3,15H2. The second-order valence-electron chi connectivity index (χ2n) is 3.01.